The van der Waals surface area contributed by atoms with Gasteiger partial charge in [-0.2, -0.15) is 0 Å². The van der Waals surface area contributed by atoms with Crippen LogP contribution in [-0.2, 0) is 0 Å². The molecule has 0 saturated heterocycles. The molecule has 66 valence electrons. The van der Waals surface area contributed by atoms with E-state index in [9.17, 15) is 0 Å². The Labute approximate surface area is 74.7 Å². The summed E-state index contributed by atoms with van der Waals surface area (Å²) >= 11 is 0. The molecule has 0 N–H and O–H groups in total. The summed E-state index contributed by atoms with van der Waals surface area (Å²) < 4.78 is 0. The van der Waals surface area contributed by atoms with E-state index in [2.05, 4.69) is 0 Å². The normalized spacial score (nSPS) is 57.0. The molecular weight excluding hydrogens is 144 g/mol. The van der Waals surface area contributed by atoms with E-state index in [-0.39, 0.29) is 0 Å². The van der Waals surface area contributed by atoms with Crippen LogP contribution in [0.25, 0.3) is 0 Å². The first-order chi connectivity index (χ1) is 5.93. The summed E-state index contributed by atoms with van der Waals surface area (Å²) in [5.74, 6) is 7.38. The third-order valence-corrected chi connectivity index (χ3v) is 4.79. The van der Waals surface area contributed by atoms with Crippen LogP contribution in [0.1, 0.15) is 38.5 Å². The summed E-state index contributed by atoms with van der Waals surface area (Å²) in [4.78, 5) is 0. The molecule has 0 heterocycles. The molecule has 12 heavy (non-hydrogen) atoms. The van der Waals surface area contributed by atoms with Crippen LogP contribution in [0.2, 0.25) is 0 Å². The van der Waals surface area contributed by atoms with Gasteiger partial charge in [-0.1, -0.05) is 0 Å². The monoisotopic (exact) mass is 162 g/mol. The lowest BCUT2D eigenvalue weighted by molar-refractivity contribution is 0.522. The first-order valence-corrected chi connectivity index (χ1v) is 5.93. The lowest BCUT2D eigenvalue weighted by Gasteiger charge is -1.95. The fourth-order valence-corrected chi connectivity index (χ4v) is 3.59. The Kier molecular flexibility index (Phi) is 1.03. The van der Waals surface area contributed by atoms with Crippen molar-refractivity contribution in [2.24, 2.45) is 35.5 Å². The summed E-state index contributed by atoms with van der Waals surface area (Å²) in [5, 5.41) is 0. The Morgan fingerprint density at radius 1 is 0.500 bits per heavy atom. The zero-order valence-electron chi connectivity index (χ0n) is 7.71. The Hall–Kier alpha value is 0. The molecule has 0 aliphatic heterocycles. The summed E-state index contributed by atoms with van der Waals surface area (Å²) in [6.07, 6.45) is 9.62. The molecule has 4 aliphatic carbocycles. The van der Waals surface area contributed by atoms with Crippen molar-refractivity contribution < 1.29 is 0 Å². The number of hydrogen-bond donors (Lipinski definition) is 0. The molecule has 0 unspecified atom stereocenters. The van der Waals surface area contributed by atoms with Gasteiger partial charge in [0.15, 0.2) is 0 Å². The lowest BCUT2D eigenvalue weighted by atomic mass is 10.1. The van der Waals surface area contributed by atoms with E-state index >= 15 is 0 Å². The van der Waals surface area contributed by atoms with E-state index in [0.29, 0.717) is 0 Å². The molecule has 4 aliphatic rings. The van der Waals surface area contributed by atoms with Crippen molar-refractivity contribution in [3.8, 4) is 0 Å². The summed E-state index contributed by atoms with van der Waals surface area (Å²) in [5.41, 5.74) is 0. The molecule has 0 amide bonds. The largest absolute Gasteiger partial charge is 0.0499 e. The smallest absolute Gasteiger partial charge is 0.0349 e. The molecule has 0 bridgehead atoms. The molecule has 4 saturated carbocycles. The van der Waals surface area contributed by atoms with Crippen molar-refractivity contribution >= 4 is 0 Å². The predicted octanol–water partition coefficient (Wildman–Crippen LogP) is 3.08. The summed E-state index contributed by atoms with van der Waals surface area (Å²) in [7, 11) is 0. The maximum Gasteiger partial charge on any atom is -0.0349 e. The second-order valence-corrected chi connectivity index (χ2v) is 5.80. The first-order valence-electron chi connectivity index (χ1n) is 5.93. The van der Waals surface area contributed by atoms with Crippen LogP contribution < -0.4 is 0 Å². The van der Waals surface area contributed by atoms with Gasteiger partial charge in [0.1, 0.15) is 0 Å². The van der Waals surface area contributed by atoms with Gasteiger partial charge in [0.05, 0.1) is 0 Å². The van der Waals surface area contributed by atoms with E-state index in [1.54, 1.807) is 38.5 Å². The second kappa shape index (κ2) is 1.91. The third kappa shape index (κ3) is 0.900. The highest BCUT2D eigenvalue weighted by atomic mass is 14.6. The molecule has 0 aromatic carbocycles. The Morgan fingerprint density at radius 2 is 0.917 bits per heavy atom. The van der Waals surface area contributed by atoms with Crippen molar-refractivity contribution in [3.05, 3.63) is 0 Å². The average molecular weight is 162 g/mol. The SMILES string of the molecule is C1CC1[C@H]1C[C@@H]1[C@@H]1C[C@@H]1C1CC1. The lowest BCUT2D eigenvalue weighted by Crippen LogP contribution is -1.91. The minimum absolute atomic E-state index is 1.22. The van der Waals surface area contributed by atoms with E-state index in [4.69, 9.17) is 0 Å². The number of hydrogen-bond acceptors (Lipinski definition) is 0. The molecule has 0 aromatic rings. The molecular formula is C12H18. The Bertz CT molecular complexity index is 188. The Morgan fingerprint density at radius 3 is 1.25 bits per heavy atom. The standard InChI is InChI=1S/C12H18/c1-2-7(1)9-5-11(9)12-6-10(12)8-3-4-8/h7-12H,1-6H2/t9-,10-,11-,12+/m1/s1. The second-order valence-electron chi connectivity index (χ2n) is 5.80. The fourth-order valence-electron chi connectivity index (χ4n) is 3.59. The third-order valence-electron chi connectivity index (χ3n) is 4.79. The zero-order valence-corrected chi connectivity index (χ0v) is 7.71. The van der Waals surface area contributed by atoms with Crippen molar-refractivity contribution in [2.75, 3.05) is 0 Å². The van der Waals surface area contributed by atoms with Crippen LogP contribution in [0.15, 0.2) is 0 Å². The molecule has 4 fully saturated rings. The number of rotatable bonds is 3. The van der Waals surface area contributed by atoms with Gasteiger partial charge in [-0.15, -0.1) is 0 Å². The summed E-state index contributed by atoms with van der Waals surface area (Å²) in [6, 6.07) is 0. The van der Waals surface area contributed by atoms with Crippen molar-refractivity contribution in [2.45, 2.75) is 38.5 Å². The van der Waals surface area contributed by atoms with Gasteiger partial charge in [-0.05, 0) is 74.0 Å². The maximum absolute atomic E-state index is 1.64. The molecule has 0 spiro atoms. The van der Waals surface area contributed by atoms with E-state index in [0.717, 1.165) is 0 Å². The van der Waals surface area contributed by atoms with Crippen LogP contribution in [0.3, 0.4) is 0 Å². The summed E-state index contributed by atoms with van der Waals surface area (Å²) in [6.45, 7) is 0. The first kappa shape index (κ1) is 6.45. The highest BCUT2D eigenvalue weighted by molar-refractivity contribution is 5.09. The highest BCUT2D eigenvalue weighted by Gasteiger charge is 2.59. The molecule has 0 aromatic heterocycles. The van der Waals surface area contributed by atoms with Crippen molar-refractivity contribution in [1.82, 2.24) is 0 Å². The zero-order chi connectivity index (χ0) is 7.71. The van der Waals surface area contributed by atoms with E-state index < -0.39 is 0 Å². The minimum Gasteiger partial charge on any atom is -0.0499 e. The molecule has 0 radical (unpaired) electrons. The van der Waals surface area contributed by atoms with Gasteiger partial charge in [-0.25, -0.2) is 0 Å². The predicted molar refractivity (Wildman–Crippen MR) is 48.6 cm³/mol. The van der Waals surface area contributed by atoms with Gasteiger partial charge in [0, 0.05) is 0 Å². The van der Waals surface area contributed by atoms with Crippen molar-refractivity contribution in [3.63, 3.8) is 0 Å². The molecule has 4 rings (SSSR count). The molecule has 0 heteroatoms. The van der Waals surface area contributed by atoms with Crippen LogP contribution in [0.5, 0.6) is 0 Å². The van der Waals surface area contributed by atoms with Crippen LogP contribution >= 0.6 is 0 Å². The van der Waals surface area contributed by atoms with E-state index in [1.165, 1.54) is 35.5 Å². The van der Waals surface area contributed by atoms with Crippen molar-refractivity contribution in [1.29, 1.82) is 0 Å². The molecule has 4 atom stereocenters. The maximum atomic E-state index is 1.64. The fraction of sp³-hybridized carbons (Fsp3) is 1.00. The van der Waals surface area contributed by atoms with Gasteiger partial charge in [0.25, 0.3) is 0 Å². The van der Waals surface area contributed by atoms with E-state index in [1.807, 2.05) is 0 Å². The van der Waals surface area contributed by atoms with Crippen LogP contribution in [0.4, 0.5) is 0 Å². The topological polar surface area (TPSA) is 0 Å². The van der Waals surface area contributed by atoms with Gasteiger partial charge >= 0.3 is 0 Å². The highest BCUT2D eigenvalue weighted by Crippen LogP contribution is 2.68. The average Bonchev–Trinajstić information content (AvgIpc) is 2.81. The van der Waals surface area contributed by atoms with Crippen LogP contribution in [-0.4, -0.2) is 0 Å². The Balaban J connectivity index is 1.37. The van der Waals surface area contributed by atoms with Gasteiger partial charge in [-0.3, -0.25) is 0 Å². The minimum atomic E-state index is 1.22. The molecule has 0 nitrogen and oxygen atoms in total. The van der Waals surface area contributed by atoms with Gasteiger partial charge in [0.2, 0.25) is 0 Å². The van der Waals surface area contributed by atoms with Crippen LogP contribution in [0, 0.1) is 35.5 Å². The van der Waals surface area contributed by atoms with Gasteiger partial charge < -0.3 is 0 Å². The quantitative estimate of drug-likeness (QED) is 0.598.